The summed E-state index contributed by atoms with van der Waals surface area (Å²) in [6.45, 7) is 0.991. The molecule has 0 spiro atoms. The Hall–Kier alpha value is -3.13. The molecule has 1 aliphatic carbocycles. The number of nitrogens with one attached hydrogen (secondary N) is 1. The predicted octanol–water partition coefficient (Wildman–Crippen LogP) is 1.08. The maximum atomic E-state index is 13.1. The fourth-order valence-corrected chi connectivity index (χ4v) is 5.97. The third-order valence-electron chi connectivity index (χ3n) is 5.81. The molecular weight excluding hydrogens is 498 g/mol. The van der Waals surface area contributed by atoms with Crippen molar-refractivity contribution < 1.29 is 33.9 Å². The van der Waals surface area contributed by atoms with Crippen LogP contribution >= 0.6 is 23.1 Å². The van der Waals surface area contributed by atoms with Crippen molar-refractivity contribution in [2.75, 3.05) is 18.1 Å². The van der Waals surface area contributed by atoms with Crippen molar-refractivity contribution in [1.29, 1.82) is 0 Å². The molecule has 0 aromatic carbocycles. The largest absolute Gasteiger partial charge is 0.477 e. The number of carbonyl (C=O) groups excluding carboxylic acids is 3. The molecule has 4 rings (SSSR count). The molecular formula is C21H25N5O7S2. The first-order chi connectivity index (χ1) is 16.8. The van der Waals surface area contributed by atoms with Crippen LogP contribution in [0.2, 0.25) is 0 Å². The van der Waals surface area contributed by atoms with Crippen LogP contribution in [0.1, 0.15) is 44.7 Å². The summed E-state index contributed by atoms with van der Waals surface area (Å²) in [5.74, 6) is -2.89. The van der Waals surface area contributed by atoms with Crippen LogP contribution in [0, 0.1) is 0 Å². The highest BCUT2D eigenvalue weighted by atomic mass is 32.2. The van der Waals surface area contributed by atoms with Gasteiger partial charge >= 0.3 is 11.9 Å². The van der Waals surface area contributed by atoms with Crippen molar-refractivity contribution >= 4 is 57.7 Å². The molecule has 2 aliphatic heterocycles. The van der Waals surface area contributed by atoms with E-state index in [0.29, 0.717) is 5.57 Å². The van der Waals surface area contributed by atoms with Gasteiger partial charge in [0.1, 0.15) is 35.5 Å². The molecule has 188 valence electrons. The first-order valence-electron chi connectivity index (χ1n) is 11.1. The zero-order valence-corrected chi connectivity index (χ0v) is 20.5. The van der Waals surface area contributed by atoms with Crippen molar-refractivity contribution in [2.45, 2.75) is 56.5 Å². The standard InChI is InChI=1S/C21H25N5O7S2/c1-10(27)32-7-11-8-34-19-15(18(29)26(19)16(11)20(30)31)24-17(28)14(13-9-35-21(22)23-13)25-33-12-5-3-2-4-6-12/h9,12,15,19H,2-8H2,1H3,(H2,22,23)(H,24,28)(H,30,31)/t15-,19-/m1/s1. The Bertz CT molecular complexity index is 1100. The molecule has 2 atom stereocenters. The lowest BCUT2D eigenvalue weighted by atomic mass is 9.98. The second-order valence-corrected chi connectivity index (χ2v) is 10.3. The number of aliphatic carboxylic acids is 1. The van der Waals surface area contributed by atoms with Crippen LogP contribution in [-0.2, 0) is 28.8 Å². The van der Waals surface area contributed by atoms with Crippen LogP contribution in [0.4, 0.5) is 5.13 Å². The maximum absolute atomic E-state index is 13.1. The number of rotatable bonds is 8. The second kappa shape index (κ2) is 10.6. The van der Waals surface area contributed by atoms with Crippen molar-refractivity contribution in [2.24, 2.45) is 5.16 Å². The molecule has 1 saturated carbocycles. The van der Waals surface area contributed by atoms with Gasteiger partial charge in [-0.05, 0) is 25.7 Å². The Balaban J connectivity index is 1.50. The van der Waals surface area contributed by atoms with E-state index < -0.39 is 35.2 Å². The summed E-state index contributed by atoms with van der Waals surface area (Å²) < 4.78 is 4.93. The fourth-order valence-electron chi connectivity index (χ4n) is 4.09. The Morgan fingerprint density at radius 3 is 2.69 bits per heavy atom. The Kier molecular flexibility index (Phi) is 7.60. The molecule has 0 unspecified atom stereocenters. The third-order valence-corrected chi connectivity index (χ3v) is 7.82. The highest BCUT2D eigenvalue weighted by Gasteiger charge is 2.54. The first-order valence-corrected chi connectivity index (χ1v) is 13.0. The van der Waals surface area contributed by atoms with Crippen LogP contribution in [0.5, 0.6) is 0 Å². The number of thiazole rings is 1. The number of fused-ring (bicyclic) bond motifs is 1. The second-order valence-electron chi connectivity index (χ2n) is 8.27. The van der Waals surface area contributed by atoms with Crippen molar-refractivity contribution in [3.05, 3.63) is 22.3 Å². The number of oxime groups is 1. The number of anilines is 1. The van der Waals surface area contributed by atoms with Gasteiger partial charge in [-0.25, -0.2) is 9.78 Å². The van der Waals surface area contributed by atoms with Gasteiger partial charge < -0.3 is 25.7 Å². The number of ether oxygens (including phenoxy) is 1. The summed E-state index contributed by atoms with van der Waals surface area (Å²) in [7, 11) is 0. The summed E-state index contributed by atoms with van der Waals surface area (Å²) >= 11 is 2.41. The normalized spacial score (nSPS) is 22.8. The summed E-state index contributed by atoms with van der Waals surface area (Å²) in [6.07, 6.45) is 4.76. The molecule has 35 heavy (non-hydrogen) atoms. The summed E-state index contributed by atoms with van der Waals surface area (Å²) in [6, 6.07) is -0.965. The topological polar surface area (TPSA) is 174 Å². The smallest absolute Gasteiger partial charge is 0.352 e. The molecule has 0 bridgehead atoms. The molecule has 0 radical (unpaired) electrons. The summed E-state index contributed by atoms with van der Waals surface area (Å²) in [5, 5.41) is 17.6. The maximum Gasteiger partial charge on any atom is 0.352 e. The first kappa shape index (κ1) is 25.0. The number of β-lactam (4-membered cyclic amide) rings is 1. The lowest BCUT2D eigenvalue weighted by Gasteiger charge is -2.49. The van der Waals surface area contributed by atoms with Gasteiger partial charge in [0.25, 0.3) is 11.8 Å². The SMILES string of the molecule is CC(=O)OCC1=C(C(=O)O)N2C(=O)[C@@H](NC(=O)C(=NOC3CCCCC3)c3csc(N)n3)[C@H]2SC1. The molecule has 1 aromatic rings. The van der Waals surface area contributed by atoms with Crippen molar-refractivity contribution in [1.82, 2.24) is 15.2 Å². The van der Waals surface area contributed by atoms with Gasteiger partial charge in [0.05, 0.1) is 0 Å². The van der Waals surface area contributed by atoms with Crippen LogP contribution in [-0.4, -0.2) is 74.3 Å². The fraction of sp³-hybridized carbons (Fsp3) is 0.524. The minimum Gasteiger partial charge on any atom is -0.477 e. The quantitative estimate of drug-likeness (QED) is 0.194. The number of nitrogen functional groups attached to an aromatic ring is 1. The monoisotopic (exact) mass is 523 g/mol. The third kappa shape index (κ3) is 5.42. The van der Waals surface area contributed by atoms with E-state index in [-0.39, 0.29) is 40.7 Å². The van der Waals surface area contributed by atoms with Crippen molar-refractivity contribution in [3.63, 3.8) is 0 Å². The molecule has 4 N–H and O–H groups in total. The number of hydrogen-bond acceptors (Lipinski definition) is 11. The highest BCUT2D eigenvalue weighted by Crippen LogP contribution is 2.40. The van der Waals surface area contributed by atoms with Crippen LogP contribution in [0.25, 0.3) is 0 Å². The van der Waals surface area contributed by atoms with Gasteiger partial charge in [-0.15, -0.1) is 23.1 Å². The van der Waals surface area contributed by atoms with Gasteiger partial charge in [0.2, 0.25) is 0 Å². The van der Waals surface area contributed by atoms with E-state index in [1.807, 2.05) is 0 Å². The number of thioether (sulfide) groups is 1. The zero-order valence-electron chi connectivity index (χ0n) is 18.9. The van der Waals surface area contributed by atoms with Crippen LogP contribution < -0.4 is 11.1 Å². The molecule has 3 heterocycles. The molecule has 1 saturated heterocycles. The average Bonchev–Trinajstić information content (AvgIpc) is 3.26. The number of carboxylic acids is 1. The molecule has 2 amide bonds. The molecule has 14 heteroatoms. The van der Waals surface area contributed by atoms with Gasteiger partial charge in [-0.1, -0.05) is 11.6 Å². The highest BCUT2D eigenvalue weighted by molar-refractivity contribution is 8.00. The lowest BCUT2D eigenvalue weighted by molar-refractivity contribution is -0.150. The molecule has 12 nitrogen and oxygen atoms in total. The number of aromatic nitrogens is 1. The van der Waals surface area contributed by atoms with Crippen LogP contribution in [0.3, 0.4) is 0 Å². The van der Waals surface area contributed by atoms with E-state index in [9.17, 15) is 24.3 Å². The summed E-state index contributed by atoms with van der Waals surface area (Å²) in [5.41, 5.74) is 5.95. The predicted molar refractivity (Wildman–Crippen MR) is 127 cm³/mol. The number of carbonyl (C=O) groups is 4. The van der Waals surface area contributed by atoms with E-state index in [4.69, 9.17) is 15.3 Å². The Morgan fingerprint density at radius 2 is 2.06 bits per heavy atom. The molecule has 3 aliphatic rings. The van der Waals surface area contributed by atoms with E-state index in [1.165, 1.54) is 18.7 Å². The number of nitrogens with two attached hydrogens (primary N) is 1. The Morgan fingerprint density at radius 1 is 1.31 bits per heavy atom. The summed E-state index contributed by atoms with van der Waals surface area (Å²) in [4.78, 5) is 59.9. The van der Waals surface area contributed by atoms with Crippen LogP contribution in [0.15, 0.2) is 21.8 Å². The zero-order chi connectivity index (χ0) is 25.1. The lowest BCUT2D eigenvalue weighted by Crippen LogP contribution is -2.71. The van der Waals surface area contributed by atoms with Gasteiger partial charge in [-0.3, -0.25) is 19.3 Å². The number of carboxylic acid groups (broad SMARTS) is 1. The minimum absolute atomic E-state index is 0.0971. The molecule has 2 fully saturated rings. The number of nitrogens with zero attached hydrogens (tertiary/aromatic N) is 3. The average molecular weight is 524 g/mol. The molecule has 1 aromatic heterocycles. The van der Waals surface area contributed by atoms with Crippen molar-refractivity contribution in [3.8, 4) is 0 Å². The van der Waals surface area contributed by atoms with E-state index in [1.54, 1.807) is 5.38 Å². The van der Waals surface area contributed by atoms with Gasteiger partial charge in [0, 0.05) is 23.6 Å². The minimum atomic E-state index is -1.31. The number of amides is 2. The number of esters is 1. The number of hydrogen-bond donors (Lipinski definition) is 3. The van der Waals surface area contributed by atoms with Gasteiger partial charge in [0.15, 0.2) is 10.8 Å². The Labute approximate surface area is 208 Å². The van der Waals surface area contributed by atoms with E-state index in [0.717, 1.165) is 48.3 Å². The van der Waals surface area contributed by atoms with E-state index >= 15 is 0 Å². The van der Waals surface area contributed by atoms with Gasteiger partial charge in [-0.2, -0.15) is 0 Å². The van der Waals surface area contributed by atoms with E-state index in [2.05, 4.69) is 15.5 Å².